The first-order chi connectivity index (χ1) is 11.7. The van der Waals surface area contributed by atoms with Gasteiger partial charge in [0.2, 0.25) is 0 Å². The number of para-hydroxylation sites is 1. The van der Waals surface area contributed by atoms with E-state index in [1.807, 2.05) is 36.1 Å². The van der Waals surface area contributed by atoms with Crippen molar-refractivity contribution in [3.63, 3.8) is 0 Å². The topological polar surface area (TPSA) is 51.7 Å². The van der Waals surface area contributed by atoms with Gasteiger partial charge in [0.15, 0.2) is 0 Å². The average Bonchev–Trinajstić information content (AvgIpc) is 3.43. The molecule has 2 fully saturated rings. The Morgan fingerprint density at radius 2 is 2.21 bits per heavy atom. The van der Waals surface area contributed by atoms with E-state index in [1.54, 1.807) is 6.07 Å². The number of morpholine rings is 1. The van der Waals surface area contributed by atoms with Crippen LogP contribution in [0.5, 0.6) is 5.75 Å². The van der Waals surface area contributed by atoms with Crippen LogP contribution in [0.3, 0.4) is 0 Å². The van der Waals surface area contributed by atoms with Crippen molar-refractivity contribution in [2.75, 3.05) is 26.3 Å². The molecular weight excluding hydrogens is 304 g/mol. The molecule has 24 heavy (non-hydrogen) atoms. The number of carbonyl (C=O) groups is 1. The van der Waals surface area contributed by atoms with E-state index in [4.69, 9.17) is 9.47 Å². The first-order valence-corrected chi connectivity index (χ1v) is 8.64. The number of amides is 1. The zero-order valence-electron chi connectivity index (χ0n) is 13.9. The van der Waals surface area contributed by atoms with Gasteiger partial charge in [-0.25, -0.2) is 4.98 Å². The van der Waals surface area contributed by atoms with Crippen molar-refractivity contribution >= 4 is 16.8 Å². The molecular formula is C19H22N2O3. The van der Waals surface area contributed by atoms with Crippen LogP contribution in [-0.4, -0.2) is 48.2 Å². The second-order valence-electron chi connectivity index (χ2n) is 6.71. The zero-order chi connectivity index (χ0) is 16.5. The maximum atomic E-state index is 12.8. The predicted octanol–water partition coefficient (Wildman–Crippen LogP) is 2.88. The number of hydrogen-bond donors (Lipinski definition) is 0. The maximum absolute atomic E-state index is 12.8. The molecule has 1 aromatic heterocycles. The van der Waals surface area contributed by atoms with E-state index >= 15 is 0 Å². The summed E-state index contributed by atoms with van der Waals surface area (Å²) >= 11 is 0. The fourth-order valence-corrected chi connectivity index (χ4v) is 3.03. The van der Waals surface area contributed by atoms with Crippen LogP contribution in [0.2, 0.25) is 0 Å². The Balaban J connectivity index is 1.65. The molecule has 2 heterocycles. The summed E-state index contributed by atoms with van der Waals surface area (Å²) in [5.74, 6) is 1.38. The lowest BCUT2D eigenvalue weighted by Crippen LogP contribution is -2.44. The molecule has 0 N–H and O–H groups in total. The Morgan fingerprint density at radius 1 is 1.38 bits per heavy atom. The highest BCUT2D eigenvalue weighted by molar-refractivity contribution is 5.97. The number of rotatable bonds is 4. The van der Waals surface area contributed by atoms with Gasteiger partial charge in [-0.05, 0) is 37.8 Å². The largest absolute Gasteiger partial charge is 0.493 e. The van der Waals surface area contributed by atoms with Crippen LogP contribution in [0.25, 0.3) is 10.9 Å². The van der Waals surface area contributed by atoms with E-state index in [0.717, 1.165) is 23.3 Å². The van der Waals surface area contributed by atoms with Gasteiger partial charge < -0.3 is 14.4 Å². The highest BCUT2D eigenvalue weighted by atomic mass is 16.5. The first-order valence-electron chi connectivity index (χ1n) is 8.64. The standard InChI is InChI=1S/C19H22N2O3/c1-13-11-21(8-9-23-13)19(22)17-10-18(24-12-14-6-7-14)15-4-2-3-5-16(15)20-17/h2-5,10,13-14H,6-9,11-12H2,1H3. The quantitative estimate of drug-likeness (QED) is 0.867. The summed E-state index contributed by atoms with van der Waals surface area (Å²) in [6.45, 7) is 4.49. The second-order valence-corrected chi connectivity index (χ2v) is 6.71. The van der Waals surface area contributed by atoms with Crippen LogP contribution >= 0.6 is 0 Å². The average molecular weight is 326 g/mol. The number of benzene rings is 1. The number of nitrogens with zero attached hydrogens (tertiary/aromatic N) is 2. The summed E-state index contributed by atoms with van der Waals surface area (Å²) in [4.78, 5) is 19.2. The molecule has 2 aromatic rings. The molecule has 4 rings (SSSR count). The van der Waals surface area contributed by atoms with E-state index < -0.39 is 0 Å². The highest BCUT2D eigenvalue weighted by Gasteiger charge is 2.25. The lowest BCUT2D eigenvalue weighted by atomic mass is 10.1. The third-order valence-corrected chi connectivity index (χ3v) is 4.60. The molecule has 1 aliphatic heterocycles. The third-order valence-electron chi connectivity index (χ3n) is 4.60. The molecule has 5 nitrogen and oxygen atoms in total. The summed E-state index contributed by atoms with van der Waals surface area (Å²) in [5.41, 5.74) is 1.25. The molecule has 0 spiro atoms. The van der Waals surface area contributed by atoms with Crippen molar-refractivity contribution in [1.29, 1.82) is 0 Å². The minimum Gasteiger partial charge on any atom is -0.493 e. The van der Waals surface area contributed by atoms with Gasteiger partial charge in [0.05, 0.1) is 24.8 Å². The van der Waals surface area contributed by atoms with E-state index in [1.165, 1.54) is 12.8 Å². The Labute approximate surface area is 141 Å². The molecule has 0 radical (unpaired) electrons. The maximum Gasteiger partial charge on any atom is 0.272 e. The molecule has 0 bridgehead atoms. The molecule has 5 heteroatoms. The normalized spacial score (nSPS) is 21.0. The van der Waals surface area contributed by atoms with E-state index in [2.05, 4.69) is 4.98 Å². The van der Waals surface area contributed by atoms with Gasteiger partial charge in [0.25, 0.3) is 5.91 Å². The molecule has 1 unspecified atom stereocenters. The number of pyridine rings is 1. The van der Waals surface area contributed by atoms with E-state index in [-0.39, 0.29) is 12.0 Å². The number of fused-ring (bicyclic) bond motifs is 1. The van der Waals surface area contributed by atoms with Gasteiger partial charge in [0, 0.05) is 24.5 Å². The number of aromatic nitrogens is 1. The van der Waals surface area contributed by atoms with E-state index in [0.29, 0.717) is 31.3 Å². The minimum atomic E-state index is -0.0489. The molecule has 1 saturated heterocycles. The van der Waals surface area contributed by atoms with Gasteiger partial charge in [-0.15, -0.1) is 0 Å². The summed E-state index contributed by atoms with van der Waals surface area (Å²) < 4.78 is 11.5. The Kier molecular flexibility index (Phi) is 4.10. The van der Waals surface area contributed by atoms with E-state index in [9.17, 15) is 4.79 Å². The van der Waals surface area contributed by atoms with Gasteiger partial charge in [-0.3, -0.25) is 4.79 Å². The van der Waals surface area contributed by atoms with Crippen LogP contribution in [0.4, 0.5) is 0 Å². The lowest BCUT2D eigenvalue weighted by molar-refractivity contribution is -0.0126. The van der Waals surface area contributed by atoms with Crippen molar-refractivity contribution in [3.8, 4) is 5.75 Å². The van der Waals surface area contributed by atoms with Gasteiger partial charge in [0.1, 0.15) is 11.4 Å². The molecule has 1 saturated carbocycles. The molecule has 1 aliphatic carbocycles. The Bertz CT molecular complexity index is 757. The Hall–Kier alpha value is -2.14. The lowest BCUT2D eigenvalue weighted by Gasteiger charge is -2.31. The zero-order valence-corrected chi connectivity index (χ0v) is 13.9. The smallest absolute Gasteiger partial charge is 0.272 e. The fraction of sp³-hybridized carbons (Fsp3) is 0.474. The number of ether oxygens (including phenoxy) is 2. The molecule has 1 amide bonds. The SMILES string of the molecule is CC1CN(C(=O)c2cc(OCC3CC3)c3ccccc3n2)CCO1. The van der Waals surface area contributed by atoms with Crippen molar-refractivity contribution in [1.82, 2.24) is 9.88 Å². The van der Waals surface area contributed by atoms with Gasteiger partial charge in [-0.1, -0.05) is 12.1 Å². The third kappa shape index (κ3) is 3.22. The Morgan fingerprint density at radius 3 is 3.00 bits per heavy atom. The van der Waals surface area contributed by atoms with Crippen LogP contribution in [0, 0.1) is 5.92 Å². The molecule has 1 atom stereocenters. The summed E-state index contributed by atoms with van der Waals surface area (Å²) in [7, 11) is 0. The van der Waals surface area contributed by atoms with Crippen molar-refractivity contribution in [3.05, 3.63) is 36.0 Å². The second kappa shape index (κ2) is 6.40. The molecule has 126 valence electrons. The molecule has 1 aromatic carbocycles. The number of carbonyl (C=O) groups excluding carboxylic acids is 1. The van der Waals surface area contributed by atoms with Crippen LogP contribution in [0.15, 0.2) is 30.3 Å². The van der Waals surface area contributed by atoms with Crippen molar-refractivity contribution < 1.29 is 14.3 Å². The van der Waals surface area contributed by atoms with Crippen molar-refractivity contribution in [2.45, 2.75) is 25.9 Å². The summed E-state index contributed by atoms with van der Waals surface area (Å²) in [5, 5.41) is 0.963. The van der Waals surface area contributed by atoms with Crippen LogP contribution in [0.1, 0.15) is 30.3 Å². The first kappa shape index (κ1) is 15.4. The molecule has 2 aliphatic rings. The van der Waals surface area contributed by atoms with Gasteiger partial charge in [-0.2, -0.15) is 0 Å². The monoisotopic (exact) mass is 326 g/mol. The summed E-state index contributed by atoms with van der Waals surface area (Å²) in [6, 6.07) is 9.63. The van der Waals surface area contributed by atoms with Crippen molar-refractivity contribution in [2.24, 2.45) is 5.92 Å². The van der Waals surface area contributed by atoms with Crippen LogP contribution < -0.4 is 4.74 Å². The fourth-order valence-electron chi connectivity index (χ4n) is 3.03. The summed E-state index contributed by atoms with van der Waals surface area (Å²) in [6.07, 6.45) is 2.54. The predicted molar refractivity (Wildman–Crippen MR) is 91.3 cm³/mol. The van der Waals surface area contributed by atoms with Crippen LogP contribution in [-0.2, 0) is 4.74 Å². The highest BCUT2D eigenvalue weighted by Crippen LogP contribution is 2.32. The minimum absolute atomic E-state index is 0.0489. The number of hydrogen-bond acceptors (Lipinski definition) is 4. The van der Waals surface area contributed by atoms with Gasteiger partial charge >= 0.3 is 0 Å².